The molecule has 2 atom stereocenters. The van der Waals surface area contributed by atoms with Crippen LogP contribution in [0.15, 0.2) is 4.52 Å². The lowest BCUT2D eigenvalue weighted by atomic mass is 9.95. The highest BCUT2D eigenvalue weighted by atomic mass is 32.2. The van der Waals surface area contributed by atoms with Crippen LogP contribution in [0.1, 0.15) is 24.6 Å². The fourth-order valence-corrected chi connectivity index (χ4v) is 4.00. The first-order valence-electron chi connectivity index (χ1n) is 8.04. The van der Waals surface area contributed by atoms with Gasteiger partial charge in [0.1, 0.15) is 0 Å². The lowest BCUT2D eigenvalue weighted by Gasteiger charge is -2.35. The van der Waals surface area contributed by atoms with Crippen molar-refractivity contribution in [1.29, 1.82) is 0 Å². The second kappa shape index (κ2) is 7.77. The first kappa shape index (κ1) is 16.2. The largest absolute Gasteiger partial charge is 0.383 e. The van der Waals surface area contributed by atoms with E-state index in [-0.39, 0.29) is 0 Å². The smallest absolute Gasteiger partial charge is 0.240 e. The first-order valence-corrected chi connectivity index (χ1v) is 9.43. The van der Waals surface area contributed by atoms with E-state index >= 15 is 0 Å². The zero-order valence-electron chi connectivity index (χ0n) is 13.5. The van der Waals surface area contributed by atoms with E-state index in [1.165, 1.54) is 19.4 Å². The van der Waals surface area contributed by atoms with Crippen molar-refractivity contribution in [3.63, 3.8) is 0 Å². The summed E-state index contributed by atoms with van der Waals surface area (Å²) in [6, 6.07) is 0.641. The molecule has 3 fully saturated rings. The summed E-state index contributed by atoms with van der Waals surface area (Å²) >= 11 is 1.72. The molecule has 2 bridgehead atoms. The van der Waals surface area contributed by atoms with Crippen molar-refractivity contribution in [3.8, 4) is 0 Å². The molecule has 124 valence electrons. The van der Waals surface area contributed by atoms with E-state index in [9.17, 15) is 0 Å². The molecule has 1 aromatic rings. The van der Waals surface area contributed by atoms with E-state index in [0.29, 0.717) is 6.04 Å². The molecule has 3 saturated heterocycles. The Bertz CT molecular complexity index is 470. The average Bonchev–Trinajstić information content (AvgIpc) is 2.77. The third-order valence-corrected chi connectivity index (χ3v) is 5.17. The number of ether oxygens (including phenoxy) is 1. The Morgan fingerprint density at radius 3 is 3.05 bits per heavy atom. The summed E-state index contributed by atoms with van der Waals surface area (Å²) in [5.41, 5.74) is 0. The lowest BCUT2D eigenvalue weighted by Crippen LogP contribution is -2.45. The number of rotatable bonds is 7. The average molecular weight is 326 g/mol. The molecule has 0 aromatic carbocycles. The molecular weight excluding hydrogens is 300 g/mol. The fraction of sp³-hybridized carbons (Fsp3) is 0.867. The molecule has 4 rings (SSSR count). The highest BCUT2D eigenvalue weighted by Gasteiger charge is 2.34. The zero-order chi connectivity index (χ0) is 15.4. The second-order valence-corrected chi connectivity index (χ2v) is 7.18. The van der Waals surface area contributed by atoms with Crippen LogP contribution in [0, 0.1) is 5.92 Å². The Kier molecular flexibility index (Phi) is 5.73. The van der Waals surface area contributed by atoms with Gasteiger partial charge in [0.2, 0.25) is 5.89 Å². The number of methoxy groups -OCH3 is 1. The van der Waals surface area contributed by atoms with Gasteiger partial charge in [-0.25, -0.2) is 0 Å². The van der Waals surface area contributed by atoms with Crippen LogP contribution >= 0.6 is 11.8 Å². The molecule has 4 heterocycles. The SMILES string of the molecule is COCCN1C[C@H]2CC[C@@H]1CN(Cc1nc(CSC)no1)C2. The van der Waals surface area contributed by atoms with Gasteiger partial charge in [0, 0.05) is 39.3 Å². The minimum absolute atomic E-state index is 0.641. The minimum Gasteiger partial charge on any atom is -0.383 e. The Labute approximate surface area is 136 Å². The lowest BCUT2D eigenvalue weighted by molar-refractivity contribution is 0.0864. The summed E-state index contributed by atoms with van der Waals surface area (Å²) in [7, 11) is 1.78. The molecule has 0 saturated carbocycles. The molecule has 0 aliphatic carbocycles. The number of aromatic nitrogens is 2. The molecule has 22 heavy (non-hydrogen) atoms. The summed E-state index contributed by atoms with van der Waals surface area (Å²) in [5, 5.41) is 4.04. The standard InChI is InChI=1S/C15H26N4O2S/c1-20-6-5-19-8-12-3-4-13(19)9-18(7-12)10-15-16-14(11-22-2)17-21-15/h12-13H,3-11H2,1-2H3/t12-,13+/m0/s1. The van der Waals surface area contributed by atoms with Crippen molar-refractivity contribution in [2.75, 3.05) is 46.2 Å². The number of hydrogen-bond donors (Lipinski definition) is 0. The Morgan fingerprint density at radius 1 is 1.32 bits per heavy atom. The van der Waals surface area contributed by atoms with Crippen molar-refractivity contribution in [2.24, 2.45) is 5.92 Å². The summed E-state index contributed by atoms with van der Waals surface area (Å²) in [6.07, 6.45) is 4.69. The molecular formula is C15H26N4O2S. The van der Waals surface area contributed by atoms with Gasteiger partial charge in [0.15, 0.2) is 5.82 Å². The molecule has 1 aromatic heterocycles. The molecule has 7 heteroatoms. The van der Waals surface area contributed by atoms with Crippen LogP contribution in [0.25, 0.3) is 0 Å². The van der Waals surface area contributed by atoms with Crippen LogP contribution in [0.3, 0.4) is 0 Å². The van der Waals surface area contributed by atoms with Crippen LogP contribution in [0.5, 0.6) is 0 Å². The van der Waals surface area contributed by atoms with E-state index < -0.39 is 0 Å². The van der Waals surface area contributed by atoms with E-state index in [4.69, 9.17) is 9.26 Å². The van der Waals surface area contributed by atoms with Crippen molar-refractivity contribution in [2.45, 2.75) is 31.2 Å². The maximum atomic E-state index is 5.39. The van der Waals surface area contributed by atoms with Crippen molar-refractivity contribution < 1.29 is 9.26 Å². The predicted octanol–water partition coefficient (Wildman–Crippen LogP) is 1.48. The summed E-state index contributed by atoms with van der Waals surface area (Å²) in [5.74, 6) is 3.14. The molecule has 0 spiro atoms. The van der Waals surface area contributed by atoms with Crippen LogP contribution < -0.4 is 0 Å². The maximum absolute atomic E-state index is 5.39. The second-order valence-electron chi connectivity index (χ2n) is 6.32. The van der Waals surface area contributed by atoms with Gasteiger partial charge in [-0.3, -0.25) is 9.80 Å². The maximum Gasteiger partial charge on any atom is 0.240 e. The topological polar surface area (TPSA) is 54.6 Å². The van der Waals surface area contributed by atoms with Gasteiger partial charge < -0.3 is 9.26 Å². The Balaban J connectivity index is 1.58. The summed E-state index contributed by atoms with van der Waals surface area (Å²) < 4.78 is 10.6. The van der Waals surface area contributed by atoms with Gasteiger partial charge in [0.05, 0.1) is 18.9 Å². The van der Waals surface area contributed by atoms with Gasteiger partial charge in [-0.05, 0) is 25.0 Å². The fourth-order valence-electron chi connectivity index (χ4n) is 3.62. The predicted molar refractivity (Wildman–Crippen MR) is 86.8 cm³/mol. The van der Waals surface area contributed by atoms with E-state index in [1.54, 1.807) is 18.9 Å². The van der Waals surface area contributed by atoms with Crippen LogP contribution in [-0.2, 0) is 17.0 Å². The normalized spacial score (nSPS) is 26.5. The minimum atomic E-state index is 0.641. The van der Waals surface area contributed by atoms with Gasteiger partial charge in [0.25, 0.3) is 0 Å². The first-order chi connectivity index (χ1) is 10.8. The highest BCUT2D eigenvalue weighted by Crippen LogP contribution is 2.28. The number of fused-ring (bicyclic) bond motifs is 4. The van der Waals surface area contributed by atoms with Crippen molar-refractivity contribution >= 4 is 11.8 Å². The van der Waals surface area contributed by atoms with Crippen LogP contribution in [0.4, 0.5) is 0 Å². The van der Waals surface area contributed by atoms with Crippen molar-refractivity contribution in [1.82, 2.24) is 19.9 Å². The molecule has 0 radical (unpaired) electrons. The molecule has 6 nitrogen and oxygen atoms in total. The number of piperidine rings is 1. The molecule has 0 unspecified atom stereocenters. The highest BCUT2D eigenvalue weighted by molar-refractivity contribution is 7.97. The van der Waals surface area contributed by atoms with Gasteiger partial charge in [-0.15, -0.1) is 0 Å². The Morgan fingerprint density at radius 2 is 2.23 bits per heavy atom. The molecule has 0 N–H and O–H groups in total. The Hall–Kier alpha value is -0.630. The summed E-state index contributed by atoms with van der Waals surface area (Å²) in [6.45, 7) is 6.09. The molecule has 3 aliphatic heterocycles. The van der Waals surface area contributed by atoms with Gasteiger partial charge in [-0.2, -0.15) is 16.7 Å². The van der Waals surface area contributed by atoms with E-state index in [0.717, 1.165) is 56.2 Å². The van der Waals surface area contributed by atoms with Gasteiger partial charge >= 0.3 is 0 Å². The third kappa shape index (κ3) is 4.01. The zero-order valence-corrected chi connectivity index (χ0v) is 14.3. The van der Waals surface area contributed by atoms with E-state index in [2.05, 4.69) is 26.2 Å². The van der Waals surface area contributed by atoms with Gasteiger partial charge in [-0.1, -0.05) is 5.16 Å². The van der Waals surface area contributed by atoms with Crippen molar-refractivity contribution in [3.05, 3.63) is 11.7 Å². The third-order valence-electron chi connectivity index (χ3n) is 4.63. The number of thioether (sulfide) groups is 1. The van der Waals surface area contributed by atoms with Crippen LogP contribution in [-0.4, -0.2) is 72.1 Å². The number of nitrogens with zero attached hydrogens (tertiary/aromatic N) is 4. The summed E-state index contributed by atoms with van der Waals surface area (Å²) in [4.78, 5) is 9.58. The monoisotopic (exact) mass is 326 g/mol. The number of hydrogen-bond acceptors (Lipinski definition) is 7. The molecule has 0 amide bonds. The quantitative estimate of drug-likeness (QED) is 0.752. The van der Waals surface area contributed by atoms with E-state index in [1.807, 2.05) is 0 Å². The van der Waals surface area contributed by atoms with Crippen LogP contribution in [0.2, 0.25) is 0 Å². The molecule has 3 aliphatic rings.